The molecule has 1 atom stereocenters. The van der Waals surface area contributed by atoms with Crippen LogP contribution in [0.15, 0.2) is 46.0 Å². The summed E-state index contributed by atoms with van der Waals surface area (Å²) in [6, 6.07) is 11.1. The van der Waals surface area contributed by atoms with Gasteiger partial charge in [-0.15, -0.1) is 0 Å². The molecule has 4 aromatic rings. The molecule has 2 aromatic heterocycles. The molecule has 286 valence electrons. The summed E-state index contributed by atoms with van der Waals surface area (Å²) in [4.78, 5) is 52.7. The van der Waals surface area contributed by atoms with Crippen molar-refractivity contribution < 1.29 is 63.1 Å². The first-order valence-electron chi connectivity index (χ1n) is 17.7. The number of hydrogen-bond donors (Lipinski definition) is 4. The topological polar surface area (TPSA) is 217 Å². The van der Waals surface area contributed by atoms with E-state index in [-0.39, 0.29) is 53.5 Å². The van der Waals surface area contributed by atoms with E-state index in [9.17, 15) is 19.2 Å². The van der Waals surface area contributed by atoms with Crippen molar-refractivity contribution in [2.75, 3.05) is 27.9 Å². The summed E-state index contributed by atoms with van der Waals surface area (Å²) in [5, 5.41) is 17.6. The molecule has 2 aliphatic carbocycles. The maximum atomic E-state index is 12.2. The minimum absolute atomic E-state index is 0. The number of carboxylic acid groups (broad SMARTS) is 1. The molecule has 16 heteroatoms. The first-order valence-corrected chi connectivity index (χ1v) is 17.7. The summed E-state index contributed by atoms with van der Waals surface area (Å²) >= 11 is 0. The molecule has 0 spiro atoms. The third-order valence-electron chi connectivity index (χ3n) is 10.3. The summed E-state index contributed by atoms with van der Waals surface area (Å²) in [5.41, 5.74) is 3.10. The van der Waals surface area contributed by atoms with Crippen LogP contribution in [0.2, 0.25) is 0 Å². The molecular formula is C37H51LiN4O11. The Morgan fingerprint density at radius 1 is 0.755 bits per heavy atom. The van der Waals surface area contributed by atoms with E-state index in [2.05, 4.69) is 9.97 Å². The SMILES string of the molecule is COC(=O)C1CCC(Cn2c(=O)[nH]c3ccc(OC)cc32)CC1.COc1ccc2[nH]c(=O)n(CC3CCC(C(=O)O)CC3)c2c1.OC1CCCO1.[Li+].[OH-]. The third kappa shape index (κ3) is 11.3. The van der Waals surface area contributed by atoms with Crippen molar-refractivity contribution in [2.24, 2.45) is 23.7 Å². The molecule has 2 aromatic carbocycles. The Hall–Kier alpha value is -4.00. The van der Waals surface area contributed by atoms with Crippen molar-refractivity contribution in [3.8, 4) is 11.5 Å². The van der Waals surface area contributed by atoms with Crippen LogP contribution in [-0.4, -0.2) is 81.0 Å². The second-order valence-electron chi connectivity index (χ2n) is 13.6. The summed E-state index contributed by atoms with van der Waals surface area (Å²) in [6.07, 6.45) is 7.99. The molecule has 53 heavy (non-hydrogen) atoms. The number of fused-ring (bicyclic) bond motifs is 2. The molecule has 1 aliphatic heterocycles. The number of aliphatic carboxylic acids is 1. The van der Waals surface area contributed by atoms with Crippen molar-refractivity contribution in [3.05, 3.63) is 57.4 Å². The van der Waals surface area contributed by atoms with Gasteiger partial charge in [-0.2, -0.15) is 0 Å². The van der Waals surface area contributed by atoms with Crippen LogP contribution >= 0.6 is 0 Å². The normalized spacial score (nSPS) is 22.2. The average Bonchev–Trinajstić information content (AvgIpc) is 3.84. The van der Waals surface area contributed by atoms with Crippen molar-refractivity contribution in [1.29, 1.82) is 0 Å². The van der Waals surface area contributed by atoms with E-state index in [0.717, 1.165) is 91.5 Å². The number of carbonyl (C=O) groups is 2. The van der Waals surface area contributed by atoms with E-state index in [0.29, 0.717) is 37.8 Å². The minimum Gasteiger partial charge on any atom is -0.870 e. The molecule has 7 rings (SSSR count). The molecule has 3 aliphatic rings. The zero-order valence-corrected chi connectivity index (χ0v) is 31.0. The van der Waals surface area contributed by atoms with Gasteiger partial charge in [0.1, 0.15) is 11.5 Å². The number of rotatable bonds is 8. The molecule has 0 bridgehead atoms. The van der Waals surface area contributed by atoms with Gasteiger partial charge in [-0.1, -0.05) is 0 Å². The number of aliphatic hydroxyl groups excluding tert-OH is 1. The molecule has 1 unspecified atom stereocenters. The van der Waals surface area contributed by atoms with E-state index in [1.807, 2.05) is 36.4 Å². The van der Waals surface area contributed by atoms with Crippen LogP contribution in [0.4, 0.5) is 0 Å². The molecule has 0 radical (unpaired) electrons. The van der Waals surface area contributed by atoms with Crippen LogP contribution < -0.4 is 39.7 Å². The van der Waals surface area contributed by atoms with E-state index in [1.54, 1.807) is 23.4 Å². The molecule has 0 amide bonds. The van der Waals surface area contributed by atoms with E-state index in [1.165, 1.54) is 7.11 Å². The van der Waals surface area contributed by atoms with Crippen LogP contribution in [0, 0.1) is 23.7 Å². The number of aromatic nitrogens is 4. The van der Waals surface area contributed by atoms with Crippen LogP contribution in [0.5, 0.6) is 11.5 Å². The Labute approximate surface area is 319 Å². The number of aliphatic hydroxyl groups is 1. The second-order valence-corrected chi connectivity index (χ2v) is 13.6. The Morgan fingerprint density at radius 2 is 1.21 bits per heavy atom. The number of hydrogen-bond acceptors (Lipinski definition) is 10. The van der Waals surface area contributed by atoms with Crippen molar-refractivity contribution in [3.63, 3.8) is 0 Å². The van der Waals surface area contributed by atoms with Gasteiger partial charge < -0.3 is 44.6 Å². The molecule has 5 N–H and O–H groups in total. The van der Waals surface area contributed by atoms with Gasteiger partial charge in [-0.05, 0) is 93.9 Å². The Bertz CT molecular complexity index is 1880. The summed E-state index contributed by atoms with van der Waals surface area (Å²) in [5.74, 6) is 1.17. The van der Waals surface area contributed by atoms with Gasteiger partial charge >= 0.3 is 42.2 Å². The predicted octanol–water partition coefficient (Wildman–Crippen LogP) is 1.49. The fourth-order valence-electron chi connectivity index (χ4n) is 7.30. The summed E-state index contributed by atoms with van der Waals surface area (Å²) < 4.78 is 23.5. The van der Waals surface area contributed by atoms with Gasteiger partial charge in [0, 0.05) is 38.2 Å². The Kier molecular flexibility index (Phi) is 16.7. The molecule has 15 nitrogen and oxygen atoms in total. The second kappa shape index (κ2) is 20.5. The van der Waals surface area contributed by atoms with Crippen molar-refractivity contribution in [1.82, 2.24) is 19.1 Å². The van der Waals surface area contributed by atoms with Crippen LogP contribution in [0.1, 0.15) is 64.2 Å². The fraction of sp³-hybridized carbons (Fsp3) is 0.568. The average molecular weight is 735 g/mol. The van der Waals surface area contributed by atoms with E-state index < -0.39 is 12.3 Å². The monoisotopic (exact) mass is 734 g/mol. The Morgan fingerprint density at radius 3 is 1.55 bits per heavy atom. The third-order valence-corrected chi connectivity index (χ3v) is 10.3. The van der Waals surface area contributed by atoms with Gasteiger partial charge in [0.2, 0.25) is 0 Å². The molecule has 3 heterocycles. The molecular weight excluding hydrogens is 683 g/mol. The maximum absolute atomic E-state index is 12.2. The number of carboxylic acids is 1. The van der Waals surface area contributed by atoms with Gasteiger partial charge in [-0.3, -0.25) is 18.7 Å². The molecule has 1 saturated heterocycles. The van der Waals surface area contributed by atoms with Crippen LogP contribution in [0.25, 0.3) is 22.1 Å². The summed E-state index contributed by atoms with van der Waals surface area (Å²) in [7, 11) is 4.65. The predicted molar refractivity (Wildman–Crippen MR) is 192 cm³/mol. The maximum Gasteiger partial charge on any atom is 1.00 e. The number of aromatic amines is 2. The van der Waals surface area contributed by atoms with Gasteiger partial charge in [0.05, 0.1) is 55.2 Å². The van der Waals surface area contributed by atoms with E-state index >= 15 is 0 Å². The number of H-pyrrole nitrogens is 2. The number of carbonyl (C=O) groups excluding carboxylic acids is 1. The van der Waals surface area contributed by atoms with E-state index in [4.69, 9.17) is 29.2 Å². The van der Waals surface area contributed by atoms with Gasteiger partial charge in [0.25, 0.3) is 0 Å². The first-order chi connectivity index (χ1) is 24.6. The number of nitrogens with one attached hydrogen (secondary N) is 2. The Balaban J connectivity index is 0.000000239. The van der Waals surface area contributed by atoms with Crippen molar-refractivity contribution >= 4 is 34.0 Å². The quantitative estimate of drug-likeness (QED) is 0.150. The number of imidazole rings is 2. The number of esters is 1. The zero-order valence-electron chi connectivity index (χ0n) is 31.0. The fourth-order valence-corrected chi connectivity index (χ4v) is 7.30. The largest absolute Gasteiger partial charge is 1.00 e. The zero-order chi connectivity index (χ0) is 36.5. The van der Waals surface area contributed by atoms with Crippen LogP contribution in [0.3, 0.4) is 0 Å². The molecule has 3 fully saturated rings. The standard InChI is InChI=1S/C17H22N2O4.C16H20N2O4.C4H8O2.Li.H2O/c1-22-13-7-8-14-15(9-13)19(17(21)18-14)10-11-3-5-12(6-4-11)16(20)23-2;1-22-12-6-7-13-14(8-12)18(16(21)17-13)9-10-2-4-11(5-3-10)15(19)20;5-4-2-1-3-6-4;;/h7-9,11-12H,3-6,10H2,1-2H3,(H,18,21);6-8,10-11H,2-5,9H2,1H3,(H,17,21)(H,19,20);4-5H,1-3H2;;1H2/q;;;+1;/p-1. The molecule has 2 saturated carbocycles. The van der Waals surface area contributed by atoms with Crippen LogP contribution in [-0.2, 0) is 32.2 Å². The number of methoxy groups -OCH3 is 3. The number of nitrogens with zero attached hydrogens (tertiary/aromatic N) is 2. The smallest absolute Gasteiger partial charge is 0.870 e. The van der Waals surface area contributed by atoms with Gasteiger partial charge in [0.15, 0.2) is 6.29 Å². The number of ether oxygens (including phenoxy) is 4. The minimum atomic E-state index is -0.701. The van der Waals surface area contributed by atoms with Crippen molar-refractivity contribution in [2.45, 2.75) is 83.6 Å². The van der Waals surface area contributed by atoms with Gasteiger partial charge in [-0.25, -0.2) is 9.59 Å². The first kappa shape index (κ1) is 43.4. The summed E-state index contributed by atoms with van der Waals surface area (Å²) in [6.45, 7) is 2.03. The number of benzene rings is 2.